The van der Waals surface area contributed by atoms with Crippen molar-refractivity contribution in [2.75, 3.05) is 5.32 Å². The number of para-hydroxylation sites is 1. The molecule has 0 saturated carbocycles. The van der Waals surface area contributed by atoms with Crippen LogP contribution in [0.3, 0.4) is 0 Å². The standard InChI is InChI=1S/C15H12BrF2NOS/c16-9-10-5-7-11(8-6-10)14(20)19-12-3-1-2-4-13(12)21-15(17)18/h1-8,15H,9H2,(H,19,20). The molecule has 6 heteroatoms. The maximum atomic E-state index is 12.5. The van der Waals surface area contributed by atoms with E-state index in [4.69, 9.17) is 0 Å². The summed E-state index contributed by atoms with van der Waals surface area (Å²) in [4.78, 5) is 12.5. The van der Waals surface area contributed by atoms with Gasteiger partial charge in [-0.25, -0.2) is 0 Å². The summed E-state index contributed by atoms with van der Waals surface area (Å²) in [6.45, 7) is 0. The molecule has 2 aromatic rings. The second-order valence-electron chi connectivity index (χ2n) is 4.16. The normalized spacial score (nSPS) is 10.7. The SMILES string of the molecule is O=C(Nc1ccccc1SC(F)F)c1ccc(CBr)cc1. The summed E-state index contributed by atoms with van der Waals surface area (Å²) in [7, 11) is 0. The Morgan fingerprint density at radius 3 is 2.43 bits per heavy atom. The molecule has 0 heterocycles. The van der Waals surface area contributed by atoms with Crippen LogP contribution in [0.5, 0.6) is 0 Å². The minimum Gasteiger partial charge on any atom is -0.321 e. The van der Waals surface area contributed by atoms with E-state index in [0.29, 0.717) is 33.2 Å². The molecule has 0 aromatic heterocycles. The van der Waals surface area contributed by atoms with Crippen molar-refractivity contribution in [1.29, 1.82) is 0 Å². The lowest BCUT2D eigenvalue weighted by molar-refractivity contribution is 0.102. The van der Waals surface area contributed by atoms with Crippen molar-refractivity contribution in [2.45, 2.75) is 16.0 Å². The minimum absolute atomic E-state index is 0.321. The van der Waals surface area contributed by atoms with Crippen molar-refractivity contribution in [2.24, 2.45) is 0 Å². The van der Waals surface area contributed by atoms with Crippen molar-refractivity contribution in [3.05, 3.63) is 59.7 Å². The Morgan fingerprint density at radius 2 is 1.81 bits per heavy atom. The molecule has 0 aliphatic heterocycles. The van der Waals surface area contributed by atoms with Gasteiger partial charge in [-0.3, -0.25) is 4.79 Å². The Bertz CT molecular complexity index is 619. The van der Waals surface area contributed by atoms with Crippen molar-refractivity contribution < 1.29 is 13.6 Å². The first-order valence-corrected chi connectivity index (χ1v) is 8.10. The van der Waals surface area contributed by atoms with E-state index in [0.717, 1.165) is 5.56 Å². The number of alkyl halides is 3. The highest BCUT2D eigenvalue weighted by Crippen LogP contribution is 2.31. The number of halogens is 3. The number of anilines is 1. The highest BCUT2D eigenvalue weighted by molar-refractivity contribution is 9.08. The third kappa shape index (κ3) is 4.54. The molecule has 0 radical (unpaired) electrons. The molecule has 1 N–H and O–H groups in total. The number of nitrogens with one attached hydrogen (secondary N) is 1. The second kappa shape index (κ2) is 7.56. The van der Waals surface area contributed by atoms with Crippen molar-refractivity contribution >= 4 is 39.3 Å². The summed E-state index contributed by atoms with van der Waals surface area (Å²) < 4.78 is 25.0. The lowest BCUT2D eigenvalue weighted by Gasteiger charge is -2.10. The van der Waals surface area contributed by atoms with Crippen molar-refractivity contribution in [3.8, 4) is 0 Å². The fraction of sp³-hybridized carbons (Fsp3) is 0.133. The topological polar surface area (TPSA) is 29.1 Å². The Balaban J connectivity index is 2.15. The molecule has 0 atom stereocenters. The fourth-order valence-corrected chi connectivity index (χ4v) is 2.68. The van der Waals surface area contributed by atoms with Gasteiger partial charge in [-0.05, 0) is 29.8 Å². The van der Waals surface area contributed by atoms with Gasteiger partial charge in [0.1, 0.15) is 0 Å². The smallest absolute Gasteiger partial charge is 0.288 e. The summed E-state index contributed by atoms with van der Waals surface area (Å²) in [5.74, 6) is -2.85. The Hall–Kier alpha value is -1.40. The van der Waals surface area contributed by atoms with Gasteiger partial charge in [-0.2, -0.15) is 8.78 Å². The van der Waals surface area contributed by atoms with Gasteiger partial charge in [0.25, 0.3) is 11.7 Å². The first kappa shape index (κ1) is 16.0. The van der Waals surface area contributed by atoms with Gasteiger partial charge in [0.2, 0.25) is 0 Å². The van der Waals surface area contributed by atoms with Crippen LogP contribution in [0.15, 0.2) is 53.4 Å². The number of carbonyl (C=O) groups excluding carboxylic acids is 1. The molecule has 0 aliphatic carbocycles. The highest BCUT2D eigenvalue weighted by atomic mass is 79.9. The molecule has 0 unspecified atom stereocenters. The van der Waals surface area contributed by atoms with Gasteiger partial charge in [-0.15, -0.1) is 0 Å². The first-order chi connectivity index (χ1) is 10.1. The lowest BCUT2D eigenvalue weighted by atomic mass is 10.1. The van der Waals surface area contributed by atoms with E-state index >= 15 is 0 Å². The van der Waals surface area contributed by atoms with Crippen LogP contribution in [0.1, 0.15) is 15.9 Å². The zero-order valence-electron chi connectivity index (χ0n) is 10.9. The minimum atomic E-state index is -2.53. The molecule has 0 bridgehead atoms. The monoisotopic (exact) mass is 371 g/mol. The predicted octanol–water partition coefficient (Wildman–Crippen LogP) is 5.15. The lowest BCUT2D eigenvalue weighted by Crippen LogP contribution is -2.12. The van der Waals surface area contributed by atoms with Gasteiger partial charge in [0, 0.05) is 15.8 Å². The molecule has 2 nitrogen and oxygen atoms in total. The average Bonchev–Trinajstić information content (AvgIpc) is 2.49. The number of carbonyl (C=O) groups is 1. The summed E-state index contributed by atoms with van der Waals surface area (Å²) in [6, 6.07) is 13.6. The number of hydrogen-bond donors (Lipinski definition) is 1. The summed E-state index contributed by atoms with van der Waals surface area (Å²) in [5.41, 5.74) is 1.93. The van der Waals surface area contributed by atoms with Crippen LogP contribution in [0.2, 0.25) is 0 Å². The van der Waals surface area contributed by atoms with E-state index in [1.54, 1.807) is 36.4 Å². The van der Waals surface area contributed by atoms with Gasteiger partial charge in [-0.1, -0.05) is 52.0 Å². The number of amides is 1. The molecule has 0 aliphatic rings. The molecule has 110 valence electrons. The van der Waals surface area contributed by atoms with Crippen molar-refractivity contribution in [1.82, 2.24) is 0 Å². The van der Waals surface area contributed by atoms with Crippen LogP contribution in [0, 0.1) is 0 Å². The van der Waals surface area contributed by atoms with Gasteiger partial charge < -0.3 is 5.32 Å². The second-order valence-corrected chi connectivity index (χ2v) is 5.75. The van der Waals surface area contributed by atoms with Gasteiger partial charge in [0.15, 0.2) is 0 Å². The quantitative estimate of drug-likeness (QED) is 0.581. The van der Waals surface area contributed by atoms with Crippen molar-refractivity contribution in [3.63, 3.8) is 0 Å². The average molecular weight is 372 g/mol. The van der Waals surface area contributed by atoms with Crippen LogP contribution in [-0.2, 0) is 5.33 Å². The first-order valence-electron chi connectivity index (χ1n) is 6.10. The molecular weight excluding hydrogens is 360 g/mol. The maximum absolute atomic E-state index is 12.5. The molecular formula is C15H12BrF2NOS. The van der Waals surface area contributed by atoms with Gasteiger partial charge in [0.05, 0.1) is 5.69 Å². The van der Waals surface area contributed by atoms with Crippen LogP contribution in [0.25, 0.3) is 0 Å². The Morgan fingerprint density at radius 1 is 1.14 bits per heavy atom. The van der Waals surface area contributed by atoms with Crippen LogP contribution in [-0.4, -0.2) is 11.7 Å². The Kier molecular flexibility index (Phi) is 5.76. The maximum Gasteiger partial charge on any atom is 0.288 e. The van der Waals surface area contributed by atoms with E-state index in [9.17, 15) is 13.6 Å². The van der Waals surface area contributed by atoms with E-state index in [2.05, 4.69) is 21.2 Å². The molecule has 1 amide bonds. The number of rotatable bonds is 5. The molecule has 0 spiro atoms. The highest BCUT2D eigenvalue weighted by Gasteiger charge is 2.12. The predicted molar refractivity (Wildman–Crippen MR) is 85.3 cm³/mol. The largest absolute Gasteiger partial charge is 0.321 e. The Labute approximate surface area is 134 Å². The molecule has 0 saturated heterocycles. The number of benzene rings is 2. The van der Waals surface area contributed by atoms with Crippen LogP contribution in [0.4, 0.5) is 14.5 Å². The summed E-state index contributed by atoms with van der Waals surface area (Å²) in [5, 5.41) is 3.38. The zero-order valence-corrected chi connectivity index (χ0v) is 13.3. The van der Waals surface area contributed by atoms with E-state index in [1.165, 1.54) is 0 Å². The zero-order chi connectivity index (χ0) is 15.2. The van der Waals surface area contributed by atoms with Gasteiger partial charge >= 0.3 is 0 Å². The summed E-state index contributed by atoms with van der Waals surface area (Å²) in [6.07, 6.45) is 0. The molecule has 2 aromatic carbocycles. The van der Waals surface area contributed by atoms with Crippen LogP contribution >= 0.6 is 27.7 Å². The number of hydrogen-bond acceptors (Lipinski definition) is 2. The fourth-order valence-electron chi connectivity index (χ4n) is 1.71. The number of thioether (sulfide) groups is 1. The molecule has 0 fully saturated rings. The van der Waals surface area contributed by atoms with Crippen LogP contribution < -0.4 is 5.32 Å². The third-order valence-corrected chi connectivity index (χ3v) is 4.16. The van der Waals surface area contributed by atoms with E-state index < -0.39 is 5.76 Å². The molecule has 2 rings (SSSR count). The summed E-state index contributed by atoms with van der Waals surface area (Å²) >= 11 is 3.74. The molecule has 21 heavy (non-hydrogen) atoms. The van der Waals surface area contributed by atoms with E-state index in [1.807, 2.05) is 12.1 Å². The van der Waals surface area contributed by atoms with E-state index in [-0.39, 0.29) is 5.91 Å². The third-order valence-electron chi connectivity index (χ3n) is 2.72.